The number of rotatable bonds is 3. The Kier molecular flexibility index (Phi) is 3.89. The summed E-state index contributed by atoms with van der Waals surface area (Å²) in [6.45, 7) is 7.22. The predicted octanol–water partition coefficient (Wildman–Crippen LogP) is 2.16. The van der Waals surface area contributed by atoms with E-state index >= 15 is 0 Å². The minimum atomic E-state index is -0.696. The number of aromatic nitrogens is 2. The van der Waals surface area contributed by atoms with Crippen molar-refractivity contribution in [3.8, 4) is 0 Å². The Bertz CT molecular complexity index is 461. The maximum atomic E-state index is 11.5. The molecule has 0 bridgehead atoms. The summed E-state index contributed by atoms with van der Waals surface area (Å²) in [5, 5.41) is 16.9. The number of nitro groups is 1. The van der Waals surface area contributed by atoms with Crippen molar-refractivity contribution in [1.29, 1.82) is 0 Å². The van der Waals surface area contributed by atoms with Gasteiger partial charge in [0, 0.05) is 0 Å². The Labute approximate surface area is 104 Å². The van der Waals surface area contributed by atoms with Gasteiger partial charge in [0.2, 0.25) is 0 Å². The number of ether oxygens (including phenoxy) is 1. The summed E-state index contributed by atoms with van der Waals surface area (Å²) < 4.78 is 6.20. The third-order valence-corrected chi connectivity index (χ3v) is 1.87. The second-order valence-corrected chi connectivity index (χ2v) is 4.59. The summed E-state index contributed by atoms with van der Waals surface area (Å²) in [6, 6.07) is 1.19. The number of hydrogen-bond acceptors (Lipinski definition) is 5. The van der Waals surface area contributed by atoms with E-state index in [2.05, 4.69) is 10.4 Å². The molecule has 8 heteroatoms. The van der Waals surface area contributed by atoms with Crippen LogP contribution < -0.4 is 5.32 Å². The van der Waals surface area contributed by atoms with Crippen molar-refractivity contribution in [2.75, 3.05) is 5.32 Å². The normalized spacial score (nSPS) is 11.1. The molecule has 100 valence electrons. The topological polar surface area (TPSA) is 99.3 Å². The van der Waals surface area contributed by atoms with Crippen molar-refractivity contribution in [2.45, 2.75) is 39.8 Å². The fourth-order valence-electron chi connectivity index (χ4n) is 1.26. The van der Waals surface area contributed by atoms with E-state index in [4.69, 9.17) is 4.74 Å². The van der Waals surface area contributed by atoms with E-state index in [1.165, 1.54) is 10.7 Å². The first-order valence-corrected chi connectivity index (χ1v) is 5.45. The van der Waals surface area contributed by atoms with Crippen LogP contribution in [0.25, 0.3) is 0 Å². The number of hydrogen-bond donors (Lipinski definition) is 1. The Morgan fingerprint density at radius 3 is 2.61 bits per heavy atom. The van der Waals surface area contributed by atoms with E-state index in [1.807, 2.05) is 0 Å². The second kappa shape index (κ2) is 5.03. The van der Waals surface area contributed by atoms with Gasteiger partial charge in [-0.15, -0.1) is 4.68 Å². The summed E-state index contributed by atoms with van der Waals surface area (Å²) in [5.74, 6) is -0.0821. The highest BCUT2D eigenvalue weighted by atomic mass is 16.6. The van der Waals surface area contributed by atoms with Crippen LogP contribution in [-0.2, 0) is 11.3 Å². The zero-order valence-electron chi connectivity index (χ0n) is 10.8. The number of amides is 1. The third-order valence-electron chi connectivity index (χ3n) is 1.87. The SMILES string of the molecule is CCn1nc(NC(=O)OC(C)(C)C)cc1[N+](=O)[O-]. The lowest BCUT2D eigenvalue weighted by Crippen LogP contribution is -2.27. The smallest absolute Gasteiger partial charge is 0.413 e. The molecule has 1 aromatic rings. The molecule has 1 aromatic heterocycles. The van der Waals surface area contributed by atoms with Crippen molar-refractivity contribution in [3.63, 3.8) is 0 Å². The van der Waals surface area contributed by atoms with Gasteiger partial charge in [-0.2, -0.15) is 0 Å². The highest BCUT2D eigenvalue weighted by Crippen LogP contribution is 2.18. The number of carbonyl (C=O) groups excluding carboxylic acids is 1. The molecule has 18 heavy (non-hydrogen) atoms. The highest BCUT2D eigenvalue weighted by Gasteiger charge is 2.21. The van der Waals surface area contributed by atoms with Crippen LogP contribution in [0.1, 0.15) is 27.7 Å². The van der Waals surface area contributed by atoms with E-state index in [0.29, 0.717) is 6.54 Å². The van der Waals surface area contributed by atoms with E-state index in [1.54, 1.807) is 27.7 Å². The maximum absolute atomic E-state index is 11.5. The minimum Gasteiger partial charge on any atom is -0.444 e. The molecule has 0 fully saturated rings. The standard InChI is InChI=1S/C10H16N4O4/c1-5-13-8(14(16)17)6-7(12-13)11-9(15)18-10(2,3)4/h6H,5H2,1-4H3,(H,11,12,15). The highest BCUT2D eigenvalue weighted by molar-refractivity contribution is 5.83. The van der Waals surface area contributed by atoms with Gasteiger partial charge in [0.15, 0.2) is 5.82 Å². The average molecular weight is 256 g/mol. The van der Waals surface area contributed by atoms with Crippen molar-refractivity contribution in [3.05, 3.63) is 16.2 Å². The summed E-state index contributed by atoms with van der Waals surface area (Å²) in [5.41, 5.74) is -0.636. The van der Waals surface area contributed by atoms with Crippen molar-refractivity contribution in [1.82, 2.24) is 9.78 Å². The van der Waals surface area contributed by atoms with Gasteiger partial charge in [-0.3, -0.25) is 5.32 Å². The molecule has 0 aliphatic heterocycles. The second-order valence-electron chi connectivity index (χ2n) is 4.59. The summed E-state index contributed by atoms with van der Waals surface area (Å²) in [7, 11) is 0. The molecule has 0 radical (unpaired) electrons. The molecule has 1 amide bonds. The van der Waals surface area contributed by atoms with Crippen molar-refractivity contribution < 1.29 is 14.5 Å². The summed E-state index contributed by atoms with van der Waals surface area (Å²) in [6.07, 6.45) is -0.696. The van der Waals surface area contributed by atoms with Gasteiger partial charge in [-0.25, -0.2) is 4.79 Å². The van der Waals surface area contributed by atoms with Crippen LogP contribution in [-0.4, -0.2) is 26.4 Å². The largest absolute Gasteiger partial charge is 0.444 e. The lowest BCUT2D eigenvalue weighted by atomic mass is 10.2. The lowest BCUT2D eigenvalue weighted by Gasteiger charge is -2.18. The van der Waals surface area contributed by atoms with E-state index in [-0.39, 0.29) is 11.6 Å². The molecule has 0 saturated carbocycles. The molecular weight excluding hydrogens is 240 g/mol. The number of carbonyl (C=O) groups is 1. The van der Waals surface area contributed by atoms with Gasteiger partial charge in [-0.05, 0) is 32.6 Å². The Morgan fingerprint density at radius 2 is 2.22 bits per heavy atom. The Hall–Kier alpha value is -2.12. The zero-order valence-corrected chi connectivity index (χ0v) is 10.8. The molecule has 0 aromatic carbocycles. The fraction of sp³-hybridized carbons (Fsp3) is 0.600. The van der Waals surface area contributed by atoms with Crippen LogP contribution >= 0.6 is 0 Å². The van der Waals surface area contributed by atoms with Crippen molar-refractivity contribution >= 4 is 17.7 Å². The molecule has 0 aliphatic rings. The van der Waals surface area contributed by atoms with Crippen LogP contribution in [0.15, 0.2) is 6.07 Å². The lowest BCUT2D eigenvalue weighted by molar-refractivity contribution is -0.392. The third kappa shape index (κ3) is 3.72. The van der Waals surface area contributed by atoms with Crippen LogP contribution in [0.4, 0.5) is 16.4 Å². The first kappa shape index (κ1) is 13.9. The zero-order chi connectivity index (χ0) is 13.9. The maximum Gasteiger partial charge on any atom is 0.413 e. The molecule has 0 saturated heterocycles. The molecule has 1 rings (SSSR count). The minimum absolute atomic E-state index is 0.0952. The molecular formula is C10H16N4O4. The molecule has 0 atom stereocenters. The van der Waals surface area contributed by atoms with E-state index in [9.17, 15) is 14.9 Å². The molecule has 8 nitrogen and oxygen atoms in total. The Morgan fingerprint density at radius 1 is 1.61 bits per heavy atom. The van der Waals surface area contributed by atoms with E-state index < -0.39 is 16.6 Å². The van der Waals surface area contributed by atoms with Gasteiger partial charge in [0.25, 0.3) is 0 Å². The number of nitrogens with one attached hydrogen (secondary N) is 1. The summed E-state index contributed by atoms with van der Waals surface area (Å²) >= 11 is 0. The first-order chi connectivity index (χ1) is 8.23. The van der Waals surface area contributed by atoms with Crippen LogP contribution in [0.2, 0.25) is 0 Å². The van der Waals surface area contributed by atoms with Crippen LogP contribution in [0.5, 0.6) is 0 Å². The Balaban J connectivity index is 2.80. The average Bonchev–Trinajstić information content (AvgIpc) is 2.57. The monoisotopic (exact) mass is 256 g/mol. The van der Waals surface area contributed by atoms with Gasteiger partial charge in [0.05, 0.1) is 6.07 Å². The van der Waals surface area contributed by atoms with Gasteiger partial charge >= 0.3 is 11.9 Å². The van der Waals surface area contributed by atoms with Gasteiger partial charge in [0.1, 0.15) is 12.1 Å². The quantitative estimate of drug-likeness (QED) is 0.659. The molecule has 0 unspecified atom stereocenters. The van der Waals surface area contributed by atoms with Crippen LogP contribution in [0.3, 0.4) is 0 Å². The van der Waals surface area contributed by atoms with Crippen LogP contribution in [0, 0.1) is 10.1 Å². The van der Waals surface area contributed by atoms with Gasteiger partial charge < -0.3 is 14.9 Å². The molecule has 0 aliphatic carbocycles. The number of nitrogens with zero attached hydrogens (tertiary/aromatic N) is 3. The fourth-order valence-corrected chi connectivity index (χ4v) is 1.26. The molecule has 1 heterocycles. The van der Waals surface area contributed by atoms with Gasteiger partial charge in [-0.1, -0.05) is 5.10 Å². The predicted molar refractivity (Wildman–Crippen MR) is 64.4 cm³/mol. The first-order valence-electron chi connectivity index (χ1n) is 5.45. The van der Waals surface area contributed by atoms with Crippen molar-refractivity contribution in [2.24, 2.45) is 0 Å². The molecule has 1 N–H and O–H groups in total. The number of aryl methyl sites for hydroxylation is 1. The summed E-state index contributed by atoms with van der Waals surface area (Å²) in [4.78, 5) is 21.6. The van der Waals surface area contributed by atoms with E-state index in [0.717, 1.165) is 0 Å². The number of anilines is 1. The molecule has 0 spiro atoms.